The summed E-state index contributed by atoms with van der Waals surface area (Å²) < 4.78 is 0. The summed E-state index contributed by atoms with van der Waals surface area (Å²) >= 11 is 0. The SMILES string of the molecule is CC(=O)ON1CCN(c2ccncc2)CC1. The topological polar surface area (TPSA) is 45.7 Å². The van der Waals surface area contributed by atoms with E-state index in [-0.39, 0.29) is 5.97 Å². The number of carbonyl (C=O) groups excluding carboxylic acids is 1. The van der Waals surface area contributed by atoms with Crippen LogP contribution in [0.1, 0.15) is 6.92 Å². The smallest absolute Gasteiger partial charge is 0.322 e. The lowest BCUT2D eigenvalue weighted by Crippen LogP contribution is -2.46. The van der Waals surface area contributed by atoms with Crippen LogP contribution < -0.4 is 4.90 Å². The summed E-state index contributed by atoms with van der Waals surface area (Å²) in [6.07, 6.45) is 3.57. The highest BCUT2D eigenvalue weighted by molar-refractivity contribution is 5.65. The Morgan fingerprint density at radius 3 is 2.44 bits per heavy atom. The summed E-state index contributed by atoms with van der Waals surface area (Å²) in [5, 5.41) is 1.71. The van der Waals surface area contributed by atoms with Crippen LogP contribution in [0.15, 0.2) is 24.5 Å². The van der Waals surface area contributed by atoms with Crippen molar-refractivity contribution in [2.24, 2.45) is 0 Å². The van der Waals surface area contributed by atoms with E-state index in [0.29, 0.717) is 0 Å². The van der Waals surface area contributed by atoms with E-state index in [0.717, 1.165) is 31.9 Å². The van der Waals surface area contributed by atoms with Gasteiger partial charge < -0.3 is 9.74 Å². The molecule has 0 saturated carbocycles. The number of rotatable bonds is 2. The first-order valence-corrected chi connectivity index (χ1v) is 5.34. The van der Waals surface area contributed by atoms with Crippen LogP contribution in [0, 0.1) is 0 Å². The first-order chi connectivity index (χ1) is 7.75. The Morgan fingerprint density at radius 1 is 1.25 bits per heavy atom. The number of aromatic nitrogens is 1. The van der Waals surface area contributed by atoms with E-state index in [2.05, 4.69) is 9.88 Å². The molecule has 2 rings (SSSR count). The minimum absolute atomic E-state index is 0.252. The van der Waals surface area contributed by atoms with Crippen LogP contribution >= 0.6 is 0 Å². The Bertz CT molecular complexity index is 348. The van der Waals surface area contributed by atoms with E-state index >= 15 is 0 Å². The van der Waals surface area contributed by atoms with E-state index < -0.39 is 0 Å². The molecule has 1 aliphatic rings. The fraction of sp³-hybridized carbons (Fsp3) is 0.455. The molecule has 5 nitrogen and oxygen atoms in total. The van der Waals surface area contributed by atoms with Crippen molar-refractivity contribution >= 4 is 11.7 Å². The summed E-state index contributed by atoms with van der Waals surface area (Å²) in [7, 11) is 0. The van der Waals surface area contributed by atoms with E-state index in [1.807, 2.05) is 12.1 Å². The quantitative estimate of drug-likeness (QED) is 0.735. The average Bonchev–Trinajstić information content (AvgIpc) is 2.30. The molecular weight excluding hydrogens is 206 g/mol. The Labute approximate surface area is 94.6 Å². The maximum atomic E-state index is 10.8. The molecule has 0 unspecified atom stereocenters. The molecule has 0 bridgehead atoms. The first kappa shape index (κ1) is 10.9. The molecule has 0 aliphatic carbocycles. The molecule has 0 spiro atoms. The predicted molar refractivity (Wildman–Crippen MR) is 59.8 cm³/mol. The third kappa shape index (κ3) is 2.70. The molecule has 16 heavy (non-hydrogen) atoms. The van der Waals surface area contributed by atoms with Gasteiger partial charge in [0.15, 0.2) is 0 Å². The van der Waals surface area contributed by atoms with Crippen molar-refractivity contribution in [2.45, 2.75) is 6.92 Å². The lowest BCUT2D eigenvalue weighted by molar-refractivity contribution is -0.188. The molecule has 1 aliphatic heterocycles. The van der Waals surface area contributed by atoms with Crippen molar-refractivity contribution < 1.29 is 9.63 Å². The van der Waals surface area contributed by atoms with Crippen molar-refractivity contribution in [3.63, 3.8) is 0 Å². The number of hydroxylamine groups is 2. The van der Waals surface area contributed by atoms with Crippen molar-refractivity contribution in [3.05, 3.63) is 24.5 Å². The van der Waals surface area contributed by atoms with Crippen LogP contribution in [0.2, 0.25) is 0 Å². The van der Waals surface area contributed by atoms with Gasteiger partial charge >= 0.3 is 5.97 Å². The Kier molecular flexibility index (Phi) is 3.36. The van der Waals surface area contributed by atoms with Gasteiger partial charge in [0.2, 0.25) is 0 Å². The molecule has 86 valence electrons. The monoisotopic (exact) mass is 221 g/mol. The number of anilines is 1. The zero-order valence-corrected chi connectivity index (χ0v) is 9.30. The van der Waals surface area contributed by atoms with Gasteiger partial charge in [0.1, 0.15) is 0 Å². The van der Waals surface area contributed by atoms with Gasteiger partial charge in [0.05, 0.1) is 13.1 Å². The maximum Gasteiger partial charge on any atom is 0.322 e. The van der Waals surface area contributed by atoms with Crippen molar-refractivity contribution in [1.29, 1.82) is 0 Å². The number of carbonyl (C=O) groups is 1. The van der Waals surface area contributed by atoms with Crippen LogP contribution in [0.5, 0.6) is 0 Å². The van der Waals surface area contributed by atoms with Gasteiger partial charge in [0.25, 0.3) is 0 Å². The van der Waals surface area contributed by atoms with Crippen molar-refractivity contribution in [1.82, 2.24) is 10.0 Å². The zero-order valence-electron chi connectivity index (χ0n) is 9.30. The summed E-state index contributed by atoms with van der Waals surface area (Å²) in [5.41, 5.74) is 1.16. The highest BCUT2D eigenvalue weighted by Gasteiger charge is 2.18. The van der Waals surface area contributed by atoms with Crippen LogP contribution in [0.25, 0.3) is 0 Å². The molecule has 0 aromatic carbocycles. The Morgan fingerprint density at radius 2 is 1.88 bits per heavy atom. The van der Waals surface area contributed by atoms with Crippen LogP contribution in [0.3, 0.4) is 0 Å². The maximum absolute atomic E-state index is 10.8. The summed E-state index contributed by atoms with van der Waals surface area (Å²) in [6, 6.07) is 3.98. The second-order valence-electron chi connectivity index (χ2n) is 3.70. The number of piperazine rings is 1. The van der Waals surface area contributed by atoms with Gasteiger partial charge in [-0.05, 0) is 12.1 Å². The average molecular weight is 221 g/mol. The van der Waals surface area contributed by atoms with Gasteiger partial charge in [0, 0.05) is 38.1 Å². The van der Waals surface area contributed by atoms with E-state index in [1.54, 1.807) is 17.5 Å². The van der Waals surface area contributed by atoms with Gasteiger partial charge in [-0.2, -0.15) is 0 Å². The molecule has 1 fully saturated rings. The van der Waals surface area contributed by atoms with E-state index in [4.69, 9.17) is 4.84 Å². The fourth-order valence-corrected chi connectivity index (χ4v) is 1.77. The number of hydrogen-bond acceptors (Lipinski definition) is 5. The molecule has 0 atom stereocenters. The zero-order chi connectivity index (χ0) is 11.4. The van der Waals surface area contributed by atoms with Crippen LogP contribution in [-0.2, 0) is 9.63 Å². The lowest BCUT2D eigenvalue weighted by Gasteiger charge is -2.34. The van der Waals surface area contributed by atoms with Gasteiger partial charge in [-0.1, -0.05) is 0 Å². The van der Waals surface area contributed by atoms with Crippen LogP contribution in [-0.4, -0.2) is 42.2 Å². The number of nitrogens with zero attached hydrogens (tertiary/aromatic N) is 3. The van der Waals surface area contributed by atoms with E-state index in [1.165, 1.54) is 6.92 Å². The van der Waals surface area contributed by atoms with Gasteiger partial charge in [-0.3, -0.25) is 9.78 Å². The van der Waals surface area contributed by atoms with Gasteiger partial charge in [-0.25, -0.2) is 0 Å². The predicted octanol–water partition coefficient (Wildman–Crippen LogP) is 0.682. The minimum atomic E-state index is -0.252. The van der Waals surface area contributed by atoms with E-state index in [9.17, 15) is 4.79 Å². The highest BCUT2D eigenvalue weighted by Crippen LogP contribution is 2.14. The normalized spacial score (nSPS) is 17.2. The first-order valence-electron chi connectivity index (χ1n) is 5.34. The lowest BCUT2D eigenvalue weighted by atomic mass is 10.3. The summed E-state index contributed by atoms with van der Waals surface area (Å²) in [6.45, 7) is 4.62. The summed E-state index contributed by atoms with van der Waals surface area (Å²) in [5.74, 6) is -0.252. The van der Waals surface area contributed by atoms with Crippen molar-refractivity contribution in [3.8, 4) is 0 Å². The third-order valence-electron chi connectivity index (χ3n) is 2.52. The largest absolute Gasteiger partial charge is 0.369 e. The molecule has 1 aromatic heterocycles. The van der Waals surface area contributed by atoms with Crippen LogP contribution in [0.4, 0.5) is 5.69 Å². The van der Waals surface area contributed by atoms with Gasteiger partial charge in [-0.15, -0.1) is 5.06 Å². The number of hydrogen-bond donors (Lipinski definition) is 0. The molecule has 5 heteroatoms. The molecule has 1 aromatic rings. The Hall–Kier alpha value is -1.62. The standard InChI is InChI=1S/C11H15N3O2/c1-10(15)16-14-8-6-13(7-9-14)11-2-4-12-5-3-11/h2-5H,6-9H2,1H3. The second kappa shape index (κ2) is 4.94. The summed E-state index contributed by atoms with van der Waals surface area (Å²) in [4.78, 5) is 22.0. The fourth-order valence-electron chi connectivity index (χ4n) is 1.77. The highest BCUT2D eigenvalue weighted by atomic mass is 16.7. The molecule has 0 N–H and O–H groups in total. The molecular formula is C11H15N3O2. The van der Waals surface area contributed by atoms with Crippen molar-refractivity contribution in [2.75, 3.05) is 31.1 Å². The number of pyridine rings is 1. The minimum Gasteiger partial charge on any atom is -0.369 e. The third-order valence-corrected chi connectivity index (χ3v) is 2.52. The Balaban J connectivity index is 1.88. The molecule has 1 saturated heterocycles. The molecule has 2 heterocycles. The molecule has 0 amide bonds. The second-order valence-corrected chi connectivity index (χ2v) is 3.70. The molecule has 0 radical (unpaired) electrons.